The number of hydrogen-bond acceptors (Lipinski definition) is 2. The molecule has 0 saturated heterocycles. The summed E-state index contributed by atoms with van der Waals surface area (Å²) in [4.78, 5) is 0. The van der Waals surface area contributed by atoms with Crippen LogP contribution in [-0.4, -0.2) is 24.3 Å². The van der Waals surface area contributed by atoms with Gasteiger partial charge in [0.2, 0.25) is 0 Å². The molecule has 1 aliphatic rings. The minimum absolute atomic E-state index is 0.298. The van der Waals surface area contributed by atoms with E-state index in [0.29, 0.717) is 12.6 Å². The molecule has 94 valence electrons. The summed E-state index contributed by atoms with van der Waals surface area (Å²) >= 11 is 0. The Kier molecular flexibility index (Phi) is 5.02. The van der Waals surface area contributed by atoms with Crippen molar-refractivity contribution >= 4 is 0 Å². The van der Waals surface area contributed by atoms with Crippen molar-refractivity contribution in [3.05, 3.63) is 35.9 Å². The number of rotatable bonds is 5. The smallest absolute Gasteiger partial charge is 0.0443 e. The Morgan fingerprint density at radius 2 is 1.76 bits per heavy atom. The van der Waals surface area contributed by atoms with Crippen LogP contribution in [0.1, 0.15) is 43.6 Å². The van der Waals surface area contributed by atoms with E-state index in [2.05, 4.69) is 35.6 Å². The first-order valence-corrected chi connectivity index (χ1v) is 6.79. The number of benzene rings is 1. The minimum atomic E-state index is 0.298. The summed E-state index contributed by atoms with van der Waals surface area (Å²) in [5.41, 5.74) is 1.50. The van der Waals surface area contributed by atoms with Gasteiger partial charge in [-0.2, -0.15) is 0 Å². The largest absolute Gasteiger partial charge is 0.396 e. The summed E-state index contributed by atoms with van der Waals surface area (Å²) in [6.07, 6.45) is 6.00. The van der Waals surface area contributed by atoms with Gasteiger partial charge in [-0.05, 0) is 50.1 Å². The van der Waals surface area contributed by atoms with Crippen molar-refractivity contribution < 1.29 is 5.11 Å². The van der Waals surface area contributed by atoms with Crippen molar-refractivity contribution in [2.45, 2.75) is 44.1 Å². The highest BCUT2D eigenvalue weighted by Crippen LogP contribution is 2.32. The van der Waals surface area contributed by atoms with E-state index in [1.54, 1.807) is 0 Å². The molecule has 0 radical (unpaired) electrons. The van der Waals surface area contributed by atoms with Crippen LogP contribution in [0.25, 0.3) is 0 Å². The number of hydrogen-bond donors (Lipinski definition) is 2. The second-order valence-electron chi connectivity index (χ2n) is 4.99. The fraction of sp³-hybridized carbons (Fsp3) is 0.600. The molecule has 0 spiro atoms. The normalized spacial score (nSPS) is 24.8. The van der Waals surface area contributed by atoms with Gasteiger partial charge >= 0.3 is 0 Å². The molecule has 0 aromatic heterocycles. The molecule has 1 aliphatic carbocycles. The van der Waals surface area contributed by atoms with Crippen molar-refractivity contribution in [1.29, 1.82) is 0 Å². The monoisotopic (exact) mass is 233 g/mol. The molecule has 0 heterocycles. The quantitative estimate of drug-likeness (QED) is 0.766. The van der Waals surface area contributed by atoms with E-state index in [4.69, 9.17) is 5.11 Å². The van der Waals surface area contributed by atoms with Gasteiger partial charge < -0.3 is 10.4 Å². The first-order chi connectivity index (χ1) is 8.40. The van der Waals surface area contributed by atoms with Crippen LogP contribution in [0.5, 0.6) is 0 Å². The van der Waals surface area contributed by atoms with E-state index >= 15 is 0 Å². The van der Waals surface area contributed by atoms with Crippen molar-refractivity contribution in [1.82, 2.24) is 5.32 Å². The summed E-state index contributed by atoms with van der Waals surface area (Å²) in [6.45, 7) is 1.25. The Labute approximate surface area is 104 Å². The van der Waals surface area contributed by atoms with E-state index in [1.165, 1.54) is 31.2 Å². The third-order valence-electron chi connectivity index (χ3n) is 3.77. The van der Waals surface area contributed by atoms with Gasteiger partial charge in [0.05, 0.1) is 0 Å². The molecule has 0 amide bonds. The van der Waals surface area contributed by atoms with Crippen LogP contribution < -0.4 is 5.32 Å². The molecule has 2 nitrogen and oxygen atoms in total. The molecule has 1 aromatic rings. The molecular formula is C15H23NO. The van der Waals surface area contributed by atoms with Crippen LogP contribution in [0.15, 0.2) is 30.3 Å². The number of nitrogens with one attached hydrogen (secondary N) is 1. The molecule has 1 fully saturated rings. The lowest BCUT2D eigenvalue weighted by molar-refractivity contribution is 0.275. The van der Waals surface area contributed by atoms with Gasteiger partial charge in [-0.15, -0.1) is 0 Å². The van der Waals surface area contributed by atoms with E-state index in [0.717, 1.165) is 18.9 Å². The first kappa shape index (κ1) is 12.6. The van der Waals surface area contributed by atoms with Crippen molar-refractivity contribution in [3.8, 4) is 0 Å². The molecule has 0 atom stereocenters. The summed E-state index contributed by atoms with van der Waals surface area (Å²) in [7, 11) is 0. The van der Waals surface area contributed by atoms with Gasteiger partial charge in [-0.3, -0.25) is 0 Å². The zero-order chi connectivity index (χ0) is 11.9. The molecule has 0 unspecified atom stereocenters. The maximum atomic E-state index is 8.75. The van der Waals surface area contributed by atoms with Crippen LogP contribution >= 0.6 is 0 Å². The van der Waals surface area contributed by atoms with Gasteiger partial charge in [0.1, 0.15) is 0 Å². The molecule has 1 aromatic carbocycles. The average Bonchev–Trinajstić information content (AvgIpc) is 2.41. The van der Waals surface area contributed by atoms with Crippen LogP contribution in [0.4, 0.5) is 0 Å². The van der Waals surface area contributed by atoms with E-state index in [9.17, 15) is 0 Å². The van der Waals surface area contributed by atoms with Crippen molar-refractivity contribution in [3.63, 3.8) is 0 Å². The lowest BCUT2D eigenvalue weighted by Crippen LogP contribution is -2.33. The predicted octanol–water partition coefficient (Wildman–Crippen LogP) is 2.68. The van der Waals surface area contributed by atoms with E-state index in [1.807, 2.05) is 0 Å². The highest BCUT2D eigenvalue weighted by molar-refractivity contribution is 5.20. The minimum Gasteiger partial charge on any atom is -0.396 e. The van der Waals surface area contributed by atoms with Gasteiger partial charge in [0.15, 0.2) is 0 Å². The Morgan fingerprint density at radius 3 is 2.41 bits per heavy atom. The molecule has 17 heavy (non-hydrogen) atoms. The Morgan fingerprint density at radius 1 is 1.06 bits per heavy atom. The van der Waals surface area contributed by atoms with E-state index in [-0.39, 0.29) is 0 Å². The fourth-order valence-corrected chi connectivity index (χ4v) is 2.74. The number of aliphatic hydroxyl groups excluding tert-OH is 1. The molecule has 2 N–H and O–H groups in total. The summed E-state index contributed by atoms with van der Waals surface area (Å²) in [5.74, 6) is 0.757. The zero-order valence-corrected chi connectivity index (χ0v) is 10.4. The summed E-state index contributed by atoms with van der Waals surface area (Å²) in [5, 5.41) is 12.3. The lowest BCUT2D eigenvalue weighted by atomic mass is 9.82. The second kappa shape index (κ2) is 6.77. The highest BCUT2D eigenvalue weighted by atomic mass is 16.3. The number of aliphatic hydroxyl groups is 1. The summed E-state index contributed by atoms with van der Waals surface area (Å²) < 4.78 is 0. The summed E-state index contributed by atoms with van der Waals surface area (Å²) in [6, 6.07) is 11.5. The lowest BCUT2D eigenvalue weighted by Gasteiger charge is -2.29. The third kappa shape index (κ3) is 3.83. The maximum absolute atomic E-state index is 8.75. The second-order valence-corrected chi connectivity index (χ2v) is 4.99. The third-order valence-corrected chi connectivity index (χ3v) is 3.77. The SMILES string of the molecule is OCCCNC1CCC(c2ccccc2)CC1. The van der Waals surface area contributed by atoms with Crippen molar-refractivity contribution in [2.24, 2.45) is 0 Å². The van der Waals surface area contributed by atoms with Gasteiger partial charge in [0.25, 0.3) is 0 Å². The van der Waals surface area contributed by atoms with Crippen LogP contribution in [0, 0.1) is 0 Å². The van der Waals surface area contributed by atoms with E-state index < -0.39 is 0 Å². The first-order valence-electron chi connectivity index (χ1n) is 6.79. The fourth-order valence-electron chi connectivity index (χ4n) is 2.74. The Hall–Kier alpha value is -0.860. The maximum Gasteiger partial charge on any atom is 0.0443 e. The topological polar surface area (TPSA) is 32.3 Å². The molecule has 0 aliphatic heterocycles. The zero-order valence-electron chi connectivity index (χ0n) is 10.4. The average molecular weight is 233 g/mol. The van der Waals surface area contributed by atoms with Crippen LogP contribution in [0.2, 0.25) is 0 Å². The Bertz CT molecular complexity index is 304. The van der Waals surface area contributed by atoms with Crippen molar-refractivity contribution in [2.75, 3.05) is 13.2 Å². The molecule has 2 rings (SSSR count). The van der Waals surface area contributed by atoms with Gasteiger partial charge in [0, 0.05) is 12.6 Å². The van der Waals surface area contributed by atoms with Crippen LogP contribution in [-0.2, 0) is 0 Å². The van der Waals surface area contributed by atoms with Gasteiger partial charge in [-0.25, -0.2) is 0 Å². The molecule has 1 saturated carbocycles. The van der Waals surface area contributed by atoms with Gasteiger partial charge in [-0.1, -0.05) is 30.3 Å². The Balaban J connectivity index is 1.74. The molecule has 2 heteroatoms. The predicted molar refractivity (Wildman–Crippen MR) is 71.1 cm³/mol. The standard InChI is InChI=1S/C15H23NO/c17-12-4-11-16-15-9-7-14(8-10-15)13-5-2-1-3-6-13/h1-3,5-6,14-17H,4,7-12H2. The molecular weight excluding hydrogens is 210 g/mol. The van der Waals surface area contributed by atoms with Crippen LogP contribution in [0.3, 0.4) is 0 Å². The highest BCUT2D eigenvalue weighted by Gasteiger charge is 2.21. The molecule has 0 bridgehead atoms.